The second kappa shape index (κ2) is 3.64. The Balaban J connectivity index is 2.84. The number of benzene rings is 1. The molecule has 0 aliphatic rings. The lowest BCUT2D eigenvalue weighted by molar-refractivity contribution is 1.36. The normalized spacial score (nSPS) is 10.6. The second-order valence-corrected chi connectivity index (χ2v) is 3.70. The molecule has 0 unspecified atom stereocenters. The summed E-state index contributed by atoms with van der Waals surface area (Å²) < 4.78 is 0. The number of hydrogen-bond donors (Lipinski definition) is 0. The van der Waals surface area contributed by atoms with Crippen LogP contribution in [0.5, 0.6) is 0 Å². The van der Waals surface area contributed by atoms with Crippen molar-refractivity contribution in [2.45, 2.75) is 5.33 Å². The van der Waals surface area contributed by atoms with E-state index in [0.717, 1.165) is 26.8 Å². The number of rotatable bonds is 1. The van der Waals surface area contributed by atoms with Gasteiger partial charge in [0.2, 0.25) is 0 Å². The minimum Gasteiger partial charge on any atom is -0.255 e. The molecule has 1 aromatic heterocycles. The summed E-state index contributed by atoms with van der Waals surface area (Å²) in [6, 6.07) is 7.98. The van der Waals surface area contributed by atoms with Crippen molar-refractivity contribution in [2.75, 3.05) is 0 Å². The number of aromatic nitrogens is 1. The molecule has 0 atom stereocenters. The molecule has 1 heterocycles. The summed E-state index contributed by atoms with van der Waals surface area (Å²) in [4.78, 5) is 4.24. The zero-order chi connectivity index (χ0) is 9.26. The number of halogens is 2. The summed E-state index contributed by atoms with van der Waals surface area (Å²) in [5.74, 6) is 0. The van der Waals surface area contributed by atoms with E-state index in [1.54, 1.807) is 6.20 Å². The van der Waals surface area contributed by atoms with Crippen LogP contribution in [0.1, 0.15) is 5.56 Å². The monoisotopic (exact) mass is 255 g/mol. The first-order valence-electron chi connectivity index (χ1n) is 3.91. The summed E-state index contributed by atoms with van der Waals surface area (Å²) in [6.07, 6.45) is 1.69. The zero-order valence-electron chi connectivity index (χ0n) is 6.80. The molecule has 1 aromatic carbocycles. The highest BCUT2D eigenvalue weighted by Crippen LogP contribution is 2.25. The highest BCUT2D eigenvalue weighted by Gasteiger charge is 2.04. The predicted molar refractivity (Wildman–Crippen MR) is 59.4 cm³/mol. The van der Waals surface area contributed by atoms with Gasteiger partial charge in [0, 0.05) is 16.9 Å². The molecule has 0 saturated heterocycles. The number of hydrogen-bond acceptors (Lipinski definition) is 1. The standard InChI is InChI=1S/C10H7BrClN/c11-5-8-7-3-1-2-4-10(7)13-6-9(8)12/h1-4,6H,5H2. The lowest BCUT2D eigenvalue weighted by atomic mass is 10.1. The number of para-hydroxylation sites is 1. The first kappa shape index (κ1) is 8.97. The van der Waals surface area contributed by atoms with Crippen molar-refractivity contribution in [3.05, 3.63) is 41.0 Å². The molecular weight excluding hydrogens is 249 g/mol. The fraction of sp³-hybridized carbons (Fsp3) is 0.100. The zero-order valence-corrected chi connectivity index (χ0v) is 9.14. The number of fused-ring (bicyclic) bond motifs is 1. The summed E-state index contributed by atoms with van der Waals surface area (Å²) >= 11 is 9.43. The van der Waals surface area contributed by atoms with Gasteiger partial charge < -0.3 is 0 Å². The van der Waals surface area contributed by atoms with Crippen LogP contribution in [0.3, 0.4) is 0 Å². The van der Waals surface area contributed by atoms with E-state index in [4.69, 9.17) is 11.6 Å². The Morgan fingerprint density at radius 1 is 1.31 bits per heavy atom. The van der Waals surface area contributed by atoms with Gasteiger partial charge in [-0.05, 0) is 11.6 Å². The van der Waals surface area contributed by atoms with Crippen molar-refractivity contribution < 1.29 is 0 Å². The van der Waals surface area contributed by atoms with Crippen LogP contribution in [0.15, 0.2) is 30.5 Å². The molecule has 0 saturated carbocycles. The first-order valence-corrected chi connectivity index (χ1v) is 5.41. The summed E-state index contributed by atoms with van der Waals surface area (Å²) in [5.41, 5.74) is 2.09. The lowest BCUT2D eigenvalue weighted by Gasteiger charge is -2.04. The number of nitrogens with zero attached hydrogens (tertiary/aromatic N) is 1. The third-order valence-electron chi connectivity index (χ3n) is 1.97. The molecule has 0 N–H and O–H groups in total. The van der Waals surface area contributed by atoms with Crippen molar-refractivity contribution >= 4 is 38.4 Å². The van der Waals surface area contributed by atoms with Crippen LogP contribution in [0.25, 0.3) is 10.9 Å². The third kappa shape index (κ3) is 1.56. The Morgan fingerprint density at radius 3 is 2.85 bits per heavy atom. The van der Waals surface area contributed by atoms with E-state index in [1.807, 2.05) is 24.3 Å². The molecule has 2 aromatic rings. The molecule has 0 bridgehead atoms. The summed E-state index contributed by atoms with van der Waals surface area (Å²) in [7, 11) is 0. The van der Waals surface area contributed by atoms with Gasteiger partial charge in [-0.2, -0.15) is 0 Å². The molecule has 3 heteroatoms. The average Bonchev–Trinajstić information content (AvgIpc) is 2.18. The summed E-state index contributed by atoms with van der Waals surface area (Å²) in [6.45, 7) is 0. The molecule has 0 aliphatic carbocycles. The highest BCUT2D eigenvalue weighted by atomic mass is 79.9. The predicted octanol–water partition coefficient (Wildman–Crippen LogP) is 3.78. The molecule has 1 nitrogen and oxygen atoms in total. The molecule has 0 fully saturated rings. The number of pyridine rings is 1. The van der Waals surface area contributed by atoms with Gasteiger partial charge in [-0.3, -0.25) is 4.98 Å². The van der Waals surface area contributed by atoms with E-state index in [9.17, 15) is 0 Å². The Morgan fingerprint density at radius 2 is 2.08 bits per heavy atom. The maximum atomic E-state index is 6.01. The van der Waals surface area contributed by atoms with E-state index in [2.05, 4.69) is 20.9 Å². The smallest absolute Gasteiger partial charge is 0.0706 e. The largest absolute Gasteiger partial charge is 0.255 e. The third-order valence-corrected chi connectivity index (χ3v) is 2.85. The SMILES string of the molecule is Clc1cnc2ccccc2c1CBr. The molecule has 0 spiro atoms. The van der Waals surface area contributed by atoms with Crippen molar-refractivity contribution in [1.29, 1.82) is 0 Å². The van der Waals surface area contributed by atoms with E-state index >= 15 is 0 Å². The average molecular weight is 257 g/mol. The fourth-order valence-corrected chi connectivity index (χ4v) is 2.29. The highest BCUT2D eigenvalue weighted by molar-refractivity contribution is 9.08. The molecule has 2 rings (SSSR count). The van der Waals surface area contributed by atoms with Gasteiger partial charge in [-0.1, -0.05) is 45.7 Å². The minimum absolute atomic E-state index is 0.718. The molecule has 13 heavy (non-hydrogen) atoms. The van der Waals surface area contributed by atoms with Gasteiger partial charge >= 0.3 is 0 Å². The van der Waals surface area contributed by atoms with Crippen molar-refractivity contribution in [3.8, 4) is 0 Å². The molecule has 66 valence electrons. The van der Waals surface area contributed by atoms with Crippen molar-refractivity contribution in [1.82, 2.24) is 4.98 Å². The topological polar surface area (TPSA) is 12.9 Å². The van der Waals surface area contributed by atoms with Gasteiger partial charge in [-0.15, -0.1) is 0 Å². The van der Waals surface area contributed by atoms with Crippen molar-refractivity contribution in [2.24, 2.45) is 0 Å². The molecule has 0 radical (unpaired) electrons. The second-order valence-electron chi connectivity index (χ2n) is 2.74. The van der Waals surface area contributed by atoms with Crippen LogP contribution in [0.4, 0.5) is 0 Å². The van der Waals surface area contributed by atoms with E-state index in [1.165, 1.54) is 0 Å². The van der Waals surface area contributed by atoms with Gasteiger partial charge in [0.05, 0.1) is 10.5 Å². The first-order chi connectivity index (χ1) is 6.33. The van der Waals surface area contributed by atoms with Crippen LogP contribution in [0, 0.1) is 0 Å². The fourth-order valence-electron chi connectivity index (χ4n) is 1.31. The van der Waals surface area contributed by atoms with Crippen LogP contribution < -0.4 is 0 Å². The quantitative estimate of drug-likeness (QED) is 0.708. The van der Waals surface area contributed by atoms with Crippen LogP contribution in [0.2, 0.25) is 5.02 Å². The lowest BCUT2D eigenvalue weighted by Crippen LogP contribution is -1.86. The Kier molecular flexibility index (Phi) is 2.51. The van der Waals surface area contributed by atoms with Crippen LogP contribution in [-0.4, -0.2) is 4.98 Å². The minimum atomic E-state index is 0.718. The maximum Gasteiger partial charge on any atom is 0.0706 e. The van der Waals surface area contributed by atoms with E-state index < -0.39 is 0 Å². The van der Waals surface area contributed by atoms with Gasteiger partial charge in [0.1, 0.15) is 0 Å². The Hall–Kier alpha value is -0.600. The van der Waals surface area contributed by atoms with Gasteiger partial charge in [-0.25, -0.2) is 0 Å². The molecule has 0 aliphatic heterocycles. The van der Waals surface area contributed by atoms with Gasteiger partial charge in [0.25, 0.3) is 0 Å². The Bertz CT molecular complexity index is 442. The maximum absolute atomic E-state index is 6.01. The van der Waals surface area contributed by atoms with Gasteiger partial charge in [0.15, 0.2) is 0 Å². The van der Waals surface area contributed by atoms with Crippen molar-refractivity contribution in [3.63, 3.8) is 0 Å². The molecule has 0 amide bonds. The Labute approximate surface area is 89.9 Å². The number of alkyl halides is 1. The van der Waals surface area contributed by atoms with E-state index in [0.29, 0.717) is 0 Å². The summed E-state index contributed by atoms with van der Waals surface area (Å²) in [5, 5.41) is 2.59. The molecular formula is C10H7BrClN. The van der Waals surface area contributed by atoms with E-state index in [-0.39, 0.29) is 0 Å². The van der Waals surface area contributed by atoms with Crippen LogP contribution in [-0.2, 0) is 5.33 Å². The van der Waals surface area contributed by atoms with Crippen LogP contribution >= 0.6 is 27.5 Å².